The molecule has 25 heavy (non-hydrogen) atoms. The normalized spacial score (nSPS) is 10.9. The SMILES string of the molecule is COc1cccc(NC(=S)NC(=O)c2ccc(C(C)(C)C)c(Br)c2)c1. The van der Waals surface area contributed by atoms with Gasteiger partial charge in [0.2, 0.25) is 0 Å². The van der Waals surface area contributed by atoms with E-state index < -0.39 is 0 Å². The van der Waals surface area contributed by atoms with Crippen LogP contribution in [0.4, 0.5) is 5.69 Å². The molecule has 2 aromatic rings. The Morgan fingerprint density at radius 3 is 2.48 bits per heavy atom. The van der Waals surface area contributed by atoms with Crippen LogP contribution >= 0.6 is 28.1 Å². The number of ether oxygens (including phenoxy) is 1. The van der Waals surface area contributed by atoms with Crippen LogP contribution < -0.4 is 15.4 Å². The number of carbonyl (C=O) groups excluding carboxylic acids is 1. The summed E-state index contributed by atoms with van der Waals surface area (Å²) in [6, 6.07) is 12.9. The minimum Gasteiger partial charge on any atom is -0.497 e. The van der Waals surface area contributed by atoms with Crippen LogP contribution in [0, 0.1) is 0 Å². The van der Waals surface area contributed by atoms with Crippen LogP contribution in [0.2, 0.25) is 0 Å². The van der Waals surface area contributed by atoms with Gasteiger partial charge in [-0.15, -0.1) is 0 Å². The highest BCUT2D eigenvalue weighted by atomic mass is 79.9. The van der Waals surface area contributed by atoms with E-state index in [9.17, 15) is 4.79 Å². The highest BCUT2D eigenvalue weighted by Gasteiger charge is 2.18. The lowest BCUT2D eigenvalue weighted by atomic mass is 9.86. The number of hydrogen-bond acceptors (Lipinski definition) is 3. The number of thiocarbonyl (C=S) groups is 1. The van der Waals surface area contributed by atoms with Gasteiger partial charge in [-0.3, -0.25) is 10.1 Å². The predicted molar refractivity (Wildman–Crippen MR) is 110 cm³/mol. The predicted octanol–water partition coefficient (Wildman–Crippen LogP) is 4.88. The number of halogens is 1. The molecule has 0 aliphatic carbocycles. The van der Waals surface area contributed by atoms with Gasteiger partial charge in [-0.2, -0.15) is 0 Å². The third-order valence-electron chi connectivity index (χ3n) is 3.59. The zero-order valence-electron chi connectivity index (χ0n) is 14.6. The number of benzene rings is 2. The third-order valence-corrected chi connectivity index (χ3v) is 4.45. The van der Waals surface area contributed by atoms with Crippen LogP contribution in [0.5, 0.6) is 5.75 Å². The largest absolute Gasteiger partial charge is 0.497 e. The van der Waals surface area contributed by atoms with Crippen LogP contribution in [0.25, 0.3) is 0 Å². The summed E-state index contributed by atoms with van der Waals surface area (Å²) in [6.45, 7) is 6.38. The second kappa shape index (κ2) is 7.97. The monoisotopic (exact) mass is 420 g/mol. The van der Waals surface area contributed by atoms with E-state index in [0.29, 0.717) is 11.3 Å². The maximum atomic E-state index is 12.4. The fourth-order valence-electron chi connectivity index (χ4n) is 2.30. The number of rotatable bonds is 3. The van der Waals surface area contributed by atoms with Crippen LogP contribution in [-0.2, 0) is 5.41 Å². The Morgan fingerprint density at radius 2 is 1.88 bits per heavy atom. The molecule has 0 heterocycles. The molecule has 0 radical (unpaired) electrons. The molecule has 6 heteroatoms. The molecule has 1 amide bonds. The van der Waals surface area contributed by atoms with Gasteiger partial charge in [0.15, 0.2) is 5.11 Å². The number of anilines is 1. The molecule has 0 aromatic heterocycles. The van der Waals surface area contributed by atoms with Gasteiger partial charge >= 0.3 is 0 Å². The molecule has 0 saturated heterocycles. The smallest absolute Gasteiger partial charge is 0.257 e. The lowest BCUT2D eigenvalue weighted by Gasteiger charge is -2.21. The van der Waals surface area contributed by atoms with Crippen LogP contribution in [0.15, 0.2) is 46.9 Å². The summed E-state index contributed by atoms with van der Waals surface area (Å²) in [7, 11) is 1.60. The second-order valence-electron chi connectivity index (χ2n) is 6.58. The molecule has 0 aliphatic heterocycles. The van der Waals surface area contributed by atoms with Gasteiger partial charge in [0, 0.05) is 21.8 Å². The first kappa shape index (κ1) is 19.4. The van der Waals surface area contributed by atoms with E-state index in [0.717, 1.165) is 15.7 Å². The van der Waals surface area contributed by atoms with Gasteiger partial charge in [-0.25, -0.2) is 0 Å². The first-order valence-electron chi connectivity index (χ1n) is 7.77. The molecule has 0 atom stereocenters. The Balaban J connectivity index is 2.06. The van der Waals surface area contributed by atoms with Crippen molar-refractivity contribution in [3.8, 4) is 5.75 Å². The van der Waals surface area contributed by atoms with Crippen molar-refractivity contribution in [3.63, 3.8) is 0 Å². The van der Waals surface area contributed by atoms with Crippen LogP contribution in [0.1, 0.15) is 36.7 Å². The van der Waals surface area contributed by atoms with E-state index in [1.807, 2.05) is 30.3 Å². The summed E-state index contributed by atoms with van der Waals surface area (Å²) in [5.41, 5.74) is 2.42. The fourth-order valence-corrected chi connectivity index (χ4v) is 3.49. The Bertz CT molecular complexity index is 800. The van der Waals surface area contributed by atoms with Crippen molar-refractivity contribution in [3.05, 3.63) is 58.1 Å². The molecular formula is C19H21BrN2O2S. The number of nitrogens with one attached hydrogen (secondary N) is 2. The summed E-state index contributed by atoms with van der Waals surface area (Å²) in [6.07, 6.45) is 0. The highest BCUT2D eigenvalue weighted by Crippen LogP contribution is 2.30. The summed E-state index contributed by atoms with van der Waals surface area (Å²) >= 11 is 8.76. The molecule has 0 unspecified atom stereocenters. The van der Waals surface area contributed by atoms with Gasteiger partial charge in [-0.1, -0.05) is 48.8 Å². The van der Waals surface area contributed by atoms with Crippen LogP contribution in [-0.4, -0.2) is 18.1 Å². The van der Waals surface area contributed by atoms with Gasteiger partial charge in [-0.05, 0) is 47.5 Å². The Kier molecular flexibility index (Phi) is 6.19. The summed E-state index contributed by atoms with van der Waals surface area (Å²) in [4.78, 5) is 12.4. The fraction of sp³-hybridized carbons (Fsp3) is 0.263. The maximum absolute atomic E-state index is 12.4. The molecule has 2 aromatic carbocycles. The molecule has 4 nitrogen and oxygen atoms in total. The van der Waals surface area contributed by atoms with Crippen molar-refractivity contribution in [2.45, 2.75) is 26.2 Å². The minimum absolute atomic E-state index is 0.00292. The molecule has 2 N–H and O–H groups in total. The van der Waals surface area contributed by atoms with E-state index in [2.05, 4.69) is 47.3 Å². The van der Waals surface area contributed by atoms with Gasteiger partial charge < -0.3 is 10.1 Å². The number of hydrogen-bond donors (Lipinski definition) is 2. The van der Waals surface area contributed by atoms with E-state index in [-0.39, 0.29) is 16.4 Å². The van der Waals surface area contributed by atoms with Crippen molar-refractivity contribution in [2.75, 3.05) is 12.4 Å². The Hall–Kier alpha value is -1.92. The van der Waals surface area contributed by atoms with Crippen molar-refractivity contribution in [1.82, 2.24) is 5.32 Å². The van der Waals surface area contributed by atoms with Gasteiger partial charge in [0.1, 0.15) is 5.75 Å². The molecule has 132 valence electrons. The van der Waals surface area contributed by atoms with E-state index >= 15 is 0 Å². The molecular weight excluding hydrogens is 400 g/mol. The lowest BCUT2D eigenvalue weighted by Crippen LogP contribution is -2.34. The molecule has 0 fully saturated rings. The lowest BCUT2D eigenvalue weighted by molar-refractivity contribution is 0.0977. The Morgan fingerprint density at radius 1 is 1.16 bits per heavy atom. The van der Waals surface area contributed by atoms with Crippen molar-refractivity contribution in [1.29, 1.82) is 0 Å². The van der Waals surface area contributed by atoms with Crippen LogP contribution in [0.3, 0.4) is 0 Å². The maximum Gasteiger partial charge on any atom is 0.257 e. The molecule has 0 bridgehead atoms. The van der Waals surface area contributed by atoms with Crippen molar-refractivity contribution < 1.29 is 9.53 Å². The third kappa shape index (κ3) is 5.28. The highest BCUT2D eigenvalue weighted by molar-refractivity contribution is 9.10. The number of amides is 1. The molecule has 0 saturated carbocycles. The zero-order valence-corrected chi connectivity index (χ0v) is 17.0. The van der Waals surface area contributed by atoms with Gasteiger partial charge in [0.05, 0.1) is 7.11 Å². The summed E-state index contributed by atoms with van der Waals surface area (Å²) < 4.78 is 6.06. The number of carbonyl (C=O) groups is 1. The first-order chi connectivity index (χ1) is 11.7. The van der Waals surface area contributed by atoms with E-state index in [4.69, 9.17) is 17.0 Å². The first-order valence-corrected chi connectivity index (χ1v) is 8.97. The number of methoxy groups -OCH3 is 1. The Labute approximate surface area is 162 Å². The van der Waals surface area contributed by atoms with E-state index in [1.54, 1.807) is 19.2 Å². The van der Waals surface area contributed by atoms with E-state index in [1.165, 1.54) is 0 Å². The quantitative estimate of drug-likeness (QED) is 0.694. The molecule has 0 aliphatic rings. The van der Waals surface area contributed by atoms with Gasteiger partial charge in [0.25, 0.3) is 5.91 Å². The summed E-state index contributed by atoms with van der Waals surface area (Å²) in [5, 5.41) is 5.89. The van der Waals surface area contributed by atoms with Crippen molar-refractivity contribution >= 4 is 44.9 Å². The topological polar surface area (TPSA) is 50.4 Å². The second-order valence-corrected chi connectivity index (χ2v) is 7.85. The molecule has 0 spiro atoms. The summed E-state index contributed by atoms with van der Waals surface area (Å²) in [5.74, 6) is 0.447. The minimum atomic E-state index is -0.262. The average Bonchev–Trinajstić information content (AvgIpc) is 2.53. The zero-order chi connectivity index (χ0) is 18.6. The average molecular weight is 421 g/mol. The standard InChI is InChI=1S/C19H21BrN2O2S/c1-19(2,3)15-9-8-12(10-16(15)20)17(23)22-18(25)21-13-6-5-7-14(11-13)24-4/h5-11H,1-4H3,(H2,21,22,23,25). The van der Waals surface area contributed by atoms with Crippen molar-refractivity contribution in [2.24, 2.45) is 0 Å². The molecule has 2 rings (SSSR count).